The van der Waals surface area contributed by atoms with Crippen molar-refractivity contribution < 1.29 is 9.90 Å². The Bertz CT molecular complexity index is 701. The summed E-state index contributed by atoms with van der Waals surface area (Å²) in [6.45, 7) is 0. The summed E-state index contributed by atoms with van der Waals surface area (Å²) in [6, 6.07) is 12.9. The molecule has 0 aromatic heterocycles. The zero-order valence-electron chi connectivity index (χ0n) is 12.8. The fourth-order valence-electron chi connectivity index (χ4n) is 2.91. The number of carbonyl (C=O) groups is 1. The van der Waals surface area contributed by atoms with E-state index in [4.69, 9.17) is 5.73 Å². The van der Waals surface area contributed by atoms with Crippen LogP contribution in [0.15, 0.2) is 47.4 Å². The van der Waals surface area contributed by atoms with Gasteiger partial charge in [-0.2, -0.15) is 0 Å². The van der Waals surface area contributed by atoms with Gasteiger partial charge in [0.25, 0.3) is 0 Å². The first-order chi connectivity index (χ1) is 11.1. The van der Waals surface area contributed by atoms with Gasteiger partial charge in [-0.25, -0.2) is 0 Å². The van der Waals surface area contributed by atoms with Crippen LogP contribution in [0.4, 0.5) is 5.69 Å². The highest BCUT2D eigenvalue weighted by Gasteiger charge is 2.21. The lowest BCUT2D eigenvalue weighted by Gasteiger charge is -2.26. The highest BCUT2D eigenvalue weighted by Crippen LogP contribution is 2.31. The number of hydrogen-bond acceptors (Lipinski definition) is 4. The molecule has 1 amide bonds. The molecule has 1 aliphatic rings. The summed E-state index contributed by atoms with van der Waals surface area (Å²) >= 11 is 1.47. The van der Waals surface area contributed by atoms with Gasteiger partial charge in [-0.1, -0.05) is 6.07 Å². The Morgan fingerprint density at radius 2 is 2.04 bits per heavy atom. The fourth-order valence-corrected chi connectivity index (χ4v) is 3.62. The van der Waals surface area contributed by atoms with E-state index < -0.39 is 0 Å². The summed E-state index contributed by atoms with van der Waals surface area (Å²) < 4.78 is 0. The summed E-state index contributed by atoms with van der Waals surface area (Å²) in [7, 11) is 0. The monoisotopic (exact) mass is 328 g/mol. The lowest BCUT2D eigenvalue weighted by atomic mass is 9.87. The molecular formula is C18H20N2O2S. The Balaban J connectivity index is 1.59. The van der Waals surface area contributed by atoms with E-state index in [1.807, 2.05) is 30.3 Å². The number of phenols is 1. The molecule has 0 saturated heterocycles. The molecule has 0 spiro atoms. The molecule has 0 fully saturated rings. The highest BCUT2D eigenvalue weighted by atomic mass is 32.2. The second-order valence-corrected chi connectivity index (χ2v) is 6.80. The predicted molar refractivity (Wildman–Crippen MR) is 93.5 cm³/mol. The first kappa shape index (κ1) is 15.7. The minimum atomic E-state index is 0.0257. The Kier molecular flexibility index (Phi) is 4.76. The fraction of sp³-hybridized carbons (Fsp3) is 0.278. The van der Waals surface area contributed by atoms with E-state index in [0.29, 0.717) is 5.75 Å². The van der Waals surface area contributed by atoms with Crippen molar-refractivity contribution in [2.45, 2.75) is 30.2 Å². The molecule has 1 atom stereocenters. The van der Waals surface area contributed by atoms with Crippen molar-refractivity contribution in [1.29, 1.82) is 0 Å². The second-order valence-electron chi connectivity index (χ2n) is 5.75. The van der Waals surface area contributed by atoms with Crippen LogP contribution in [-0.4, -0.2) is 16.8 Å². The average molecular weight is 328 g/mol. The van der Waals surface area contributed by atoms with Crippen molar-refractivity contribution in [3.63, 3.8) is 0 Å². The van der Waals surface area contributed by atoms with E-state index in [1.165, 1.54) is 22.9 Å². The molecule has 0 bridgehead atoms. The van der Waals surface area contributed by atoms with Crippen molar-refractivity contribution in [3.8, 4) is 5.75 Å². The number of aromatic hydroxyl groups is 1. The van der Waals surface area contributed by atoms with Gasteiger partial charge in [0.15, 0.2) is 0 Å². The third-order valence-corrected chi connectivity index (χ3v) is 5.04. The van der Waals surface area contributed by atoms with Gasteiger partial charge in [-0.15, -0.1) is 11.8 Å². The van der Waals surface area contributed by atoms with Crippen LogP contribution in [0.1, 0.15) is 30.0 Å². The molecule has 4 N–H and O–H groups in total. The van der Waals surface area contributed by atoms with E-state index in [2.05, 4.69) is 5.32 Å². The molecule has 0 radical (unpaired) electrons. The van der Waals surface area contributed by atoms with Crippen LogP contribution in [0.3, 0.4) is 0 Å². The van der Waals surface area contributed by atoms with Gasteiger partial charge in [0, 0.05) is 10.6 Å². The molecule has 3 rings (SSSR count). The van der Waals surface area contributed by atoms with Gasteiger partial charge < -0.3 is 16.2 Å². The van der Waals surface area contributed by atoms with Crippen molar-refractivity contribution in [1.82, 2.24) is 5.32 Å². The molecule has 1 aliphatic carbocycles. The van der Waals surface area contributed by atoms with E-state index in [-0.39, 0.29) is 17.7 Å². The molecule has 4 nitrogen and oxygen atoms in total. The number of benzene rings is 2. The molecule has 23 heavy (non-hydrogen) atoms. The zero-order chi connectivity index (χ0) is 16.2. The maximum atomic E-state index is 12.2. The lowest BCUT2D eigenvalue weighted by Crippen LogP contribution is -2.32. The molecule has 120 valence electrons. The van der Waals surface area contributed by atoms with Crippen LogP contribution < -0.4 is 11.1 Å². The highest BCUT2D eigenvalue weighted by molar-refractivity contribution is 8.00. The van der Waals surface area contributed by atoms with Crippen LogP contribution in [0.2, 0.25) is 0 Å². The van der Waals surface area contributed by atoms with E-state index in [1.54, 1.807) is 12.1 Å². The molecule has 2 aromatic rings. The summed E-state index contributed by atoms with van der Waals surface area (Å²) in [4.78, 5) is 13.2. The number of phenolic OH excluding ortho intramolecular Hbond substituents is 1. The first-order valence-corrected chi connectivity index (χ1v) is 8.70. The number of carbonyl (C=O) groups excluding carboxylic acids is 1. The van der Waals surface area contributed by atoms with Gasteiger partial charge >= 0.3 is 0 Å². The van der Waals surface area contributed by atoms with Crippen molar-refractivity contribution in [2.24, 2.45) is 0 Å². The van der Waals surface area contributed by atoms with Crippen LogP contribution in [0.25, 0.3) is 0 Å². The van der Waals surface area contributed by atoms with Crippen molar-refractivity contribution in [2.75, 3.05) is 11.5 Å². The molecule has 0 saturated carbocycles. The number of fused-ring (bicyclic) bond motifs is 1. The maximum Gasteiger partial charge on any atom is 0.230 e. The largest absolute Gasteiger partial charge is 0.508 e. The van der Waals surface area contributed by atoms with E-state index in [9.17, 15) is 9.90 Å². The predicted octanol–water partition coefficient (Wildman–Crippen LogP) is 3.26. The van der Waals surface area contributed by atoms with Crippen LogP contribution in [0, 0.1) is 0 Å². The number of nitrogens with one attached hydrogen (secondary N) is 1. The Morgan fingerprint density at radius 1 is 1.26 bits per heavy atom. The number of anilines is 1. The minimum Gasteiger partial charge on any atom is -0.508 e. The summed E-state index contributed by atoms with van der Waals surface area (Å²) in [6.07, 6.45) is 3.05. The smallest absolute Gasteiger partial charge is 0.230 e. The number of rotatable bonds is 4. The summed E-state index contributed by atoms with van der Waals surface area (Å²) in [5.74, 6) is 0.626. The van der Waals surface area contributed by atoms with Gasteiger partial charge in [0.2, 0.25) is 5.91 Å². The molecule has 1 unspecified atom stereocenters. The molecule has 0 aliphatic heterocycles. The van der Waals surface area contributed by atoms with Crippen LogP contribution in [0.5, 0.6) is 5.75 Å². The second kappa shape index (κ2) is 6.96. The number of hydrogen-bond donors (Lipinski definition) is 3. The molecule has 5 heteroatoms. The SMILES string of the molecule is Nc1ccc2c(c1)CCCC2NC(=O)CSc1ccc(O)cc1. The zero-order valence-corrected chi connectivity index (χ0v) is 13.6. The summed E-state index contributed by atoms with van der Waals surface area (Å²) in [5, 5.41) is 12.4. The van der Waals surface area contributed by atoms with Gasteiger partial charge in [0.1, 0.15) is 5.75 Å². The standard InChI is InChI=1S/C18H20N2O2S/c19-13-4-9-16-12(10-13)2-1-3-17(16)20-18(22)11-23-15-7-5-14(21)6-8-15/h4-10,17,21H,1-3,11,19H2,(H,20,22). The number of nitrogens with two attached hydrogens (primary N) is 1. The number of amides is 1. The molecule has 2 aromatic carbocycles. The van der Waals surface area contributed by atoms with Crippen molar-refractivity contribution in [3.05, 3.63) is 53.6 Å². The Hall–Kier alpha value is -2.14. The normalized spacial score (nSPS) is 16.6. The maximum absolute atomic E-state index is 12.2. The quantitative estimate of drug-likeness (QED) is 0.595. The van der Waals surface area contributed by atoms with Crippen LogP contribution >= 0.6 is 11.8 Å². The first-order valence-electron chi connectivity index (χ1n) is 7.71. The van der Waals surface area contributed by atoms with Crippen LogP contribution in [-0.2, 0) is 11.2 Å². The topological polar surface area (TPSA) is 75.3 Å². The Labute approximate surface area is 140 Å². The van der Waals surface area contributed by atoms with E-state index in [0.717, 1.165) is 29.8 Å². The third-order valence-electron chi connectivity index (χ3n) is 4.02. The molecular weight excluding hydrogens is 308 g/mol. The lowest BCUT2D eigenvalue weighted by molar-refractivity contribution is -0.119. The Morgan fingerprint density at radius 3 is 2.83 bits per heavy atom. The van der Waals surface area contributed by atoms with Gasteiger partial charge in [-0.05, 0) is 66.8 Å². The van der Waals surface area contributed by atoms with Gasteiger partial charge in [-0.3, -0.25) is 4.79 Å². The number of thioether (sulfide) groups is 1. The van der Waals surface area contributed by atoms with Gasteiger partial charge in [0.05, 0.1) is 11.8 Å². The van der Waals surface area contributed by atoms with Crippen molar-refractivity contribution >= 4 is 23.4 Å². The number of nitrogen functional groups attached to an aromatic ring is 1. The average Bonchev–Trinajstić information content (AvgIpc) is 2.54. The van der Waals surface area contributed by atoms with E-state index >= 15 is 0 Å². The third kappa shape index (κ3) is 3.99. The minimum absolute atomic E-state index is 0.0257. The summed E-state index contributed by atoms with van der Waals surface area (Å²) in [5.41, 5.74) is 9.05. The number of aryl methyl sites for hydroxylation is 1. The molecule has 0 heterocycles.